The first kappa shape index (κ1) is 11.6. The zero-order chi connectivity index (χ0) is 11.4. The summed E-state index contributed by atoms with van der Waals surface area (Å²) in [5.41, 5.74) is 1.72. The number of carboxylic acid groups (broad SMARTS) is 1. The van der Waals surface area contributed by atoms with Crippen molar-refractivity contribution in [1.29, 1.82) is 0 Å². The van der Waals surface area contributed by atoms with Gasteiger partial charge in [0.25, 0.3) is 0 Å². The van der Waals surface area contributed by atoms with Gasteiger partial charge in [-0.2, -0.15) is 0 Å². The summed E-state index contributed by atoms with van der Waals surface area (Å²) in [6, 6.07) is 5.58. The van der Waals surface area contributed by atoms with Crippen molar-refractivity contribution in [1.82, 2.24) is 0 Å². The zero-order valence-electron chi connectivity index (χ0n) is 9.28. The van der Waals surface area contributed by atoms with Gasteiger partial charge < -0.3 is 9.84 Å². The normalized spacial score (nSPS) is 10.4. The Morgan fingerprint density at radius 2 is 2.13 bits per heavy atom. The largest absolute Gasteiger partial charge is 0.491 e. The number of rotatable bonds is 4. The van der Waals surface area contributed by atoms with Crippen molar-refractivity contribution in [3.8, 4) is 5.75 Å². The number of hydrogen-bond donors (Lipinski definition) is 1. The molecule has 0 atom stereocenters. The van der Waals surface area contributed by atoms with E-state index in [-0.39, 0.29) is 12.5 Å². The van der Waals surface area contributed by atoms with Crippen molar-refractivity contribution in [2.45, 2.75) is 33.3 Å². The van der Waals surface area contributed by atoms with Gasteiger partial charge in [-0.25, -0.2) is 0 Å². The number of benzene rings is 1. The second-order valence-corrected chi connectivity index (χ2v) is 3.79. The van der Waals surface area contributed by atoms with E-state index in [4.69, 9.17) is 9.84 Å². The van der Waals surface area contributed by atoms with E-state index in [1.54, 1.807) is 0 Å². The second-order valence-electron chi connectivity index (χ2n) is 3.79. The van der Waals surface area contributed by atoms with Crippen LogP contribution in [0.4, 0.5) is 0 Å². The zero-order valence-corrected chi connectivity index (χ0v) is 9.28. The highest BCUT2D eigenvalue weighted by atomic mass is 16.5. The molecule has 0 radical (unpaired) electrons. The predicted molar refractivity (Wildman–Crippen MR) is 58.3 cm³/mol. The number of carboxylic acids is 1. The maximum Gasteiger partial charge on any atom is 0.307 e. The molecule has 0 aliphatic carbocycles. The molecule has 15 heavy (non-hydrogen) atoms. The molecule has 1 rings (SSSR count). The van der Waals surface area contributed by atoms with Gasteiger partial charge in [0.15, 0.2) is 0 Å². The maximum atomic E-state index is 10.7. The van der Waals surface area contributed by atoms with Gasteiger partial charge in [-0.1, -0.05) is 12.1 Å². The van der Waals surface area contributed by atoms with Gasteiger partial charge in [0.2, 0.25) is 0 Å². The Kier molecular flexibility index (Phi) is 3.72. The highest BCUT2D eigenvalue weighted by molar-refractivity contribution is 5.72. The van der Waals surface area contributed by atoms with Gasteiger partial charge >= 0.3 is 5.97 Å². The van der Waals surface area contributed by atoms with E-state index in [1.807, 2.05) is 39.0 Å². The van der Waals surface area contributed by atoms with Crippen molar-refractivity contribution in [3.63, 3.8) is 0 Å². The minimum atomic E-state index is -0.835. The molecule has 0 saturated heterocycles. The third-order valence-electron chi connectivity index (χ3n) is 2.06. The van der Waals surface area contributed by atoms with Crippen molar-refractivity contribution in [3.05, 3.63) is 29.3 Å². The molecule has 0 aliphatic heterocycles. The first-order chi connectivity index (χ1) is 7.00. The molecule has 1 aromatic rings. The lowest BCUT2D eigenvalue weighted by atomic mass is 10.0. The van der Waals surface area contributed by atoms with Gasteiger partial charge in [0.05, 0.1) is 12.5 Å². The van der Waals surface area contributed by atoms with E-state index in [9.17, 15) is 4.79 Å². The van der Waals surface area contributed by atoms with Crippen LogP contribution in [0.3, 0.4) is 0 Å². The van der Waals surface area contributed by atoms with Crippen LogP contribution in [0.1, 0.15) is 25.0 Å². The molecule has 0 fully saturated rings. The van der Waals surface area contributed by atoms with Crippen LogP contribution in [0, 0.1) is 6.92 Å². The van der Waals surface area contributed by atoms with E-state index in [2.05, 4.69) is 0 Å². The van der Waals surface area contributed by atoms with E-state index >= 15 is 0 Å². The molecule has 3 nitrogen and oxygen atoms in total. The summed E-state index contributed by atoms with van der Waals surface area (Å²) in [6.07, 6.45) is 0.0636. The summed E-state index contributed by atoms with van der Waals surface area (Å²) in [5.74, 6) is -0.162. The molecule has 0 spiro atoms. The van der Waals surface area contributed by atoms with Crippen LogP contribution in [0.15, 0.2) is 18.2 Å². The fraction of sp³-hybridized carbons (Fsp3) is 0.417. The van der Waals surface area contributed by atoms with Crippen molar-refractivity contribution >= 4 is 5.97 Å². The number of aryl methyl sites for hydroxylation is 1. The van der Waals surface area contributed by atoms with Gasteiger partial charge in [-0.15, -0.1) is 0 Å². The van der Waals surface area contributed by atoms with E-state index in [0.29, 0.717) is 5.75 Å². The van der Waals surface area contributed by atoms with E-state index in [1.165, 1.54) is 0 Å². The van der Waals surface area contributed by atoms with Crippen LogP contribution >= 0.6 is 0 Å². The Labute approximate surface area is 89.7 Å². The minimum absolute atomic E-state index is 0.00866. The summed E-state index contributed by atoms with van der Waals surface area (Å²) in [5, 5.41) is 8.79. The molecule has 82 valence electrons. The SMILES string of the molecule is Cc1cccc(OC(C)C)c1CC(=O)O. The van der Waals surface area contributed by atoms with Crippen molar-refractivity contribution in [2.24, 2.45) is 0 Å². The number of aliphatic carboxylic acids is 1. The van der Waals surface area contributed by atoms with E-state index < -0.39 is 5.97 Å². The van der Waals surface area contributed by atoms with Gasteiger partial charge in [0.1, 0.15) is 5.75 Å². The van der Waals surface area contributed by atoms with Gasteiger partial charge in [0, 0.05) is 5.56 Å². The third kappa shape index (κ3) is 3.27. The smallest absolute Gasteiger partial charge is 0.307 e. The van der Waals surface area contributed by atoms with Crippen LogP contribution in [-0.2, 0) is 11.2 Å². The van der Waals surface area contributed by atoms with Crippen LogP contribution in [0.2, 0.25) is 0 Å². The van der Waals surface area contributed by atoms with Crippen LogP contribution < -0.4 is 4.74 Å². The molecule has 0 saturated carbocycles. The fourth-order valence-electron chi connectivity index (χ4n) is 1.42. The standard InChI is InChI=1S/C12H16O3/c1-8(2)15-11-6-4-5-9(3)10(11)7-12(13)14/h4-6,8H,7H2,1-3H3,(H,13,14). The molecule has 1 aromatic carbocycles. The number of ether oxygens (including phenoxy) is 1. The summed E-state index contributed by atoms with van der Waals surface area (Å²) < 4.78 is 5.56. The molecule has 0 aliphatic rings. The third-order valence-corrected chi connectivity index (χ3v) is 2.06. The Balaban J connectivity index is 3.02. The molecule has 0 heterocycles. The molecule has 0 bridgehead atoms. The average Bonchev–Trinajstić information content (AvgIpc) is 2.09. The quantitative estimate of drug-likeness (QED) is 0.826. The lowest BCUT2D eigenvalue weighted by Gasteiger charge is -2.14. The van der Waals surface area contributed by atoms with E-state index in [0.717, 1.165) is 11.1 Å². The van der Waals surface area contributed by atoms with Crippen LogP contribution in [-0.4, -0.2) is 17.2 Å². The number of hydrogen-bond acceptors (Lipinski definition) is 2. The second kappa shape index (κ2) is 4.82. The predicted octanol–water partition coefficient (Wildman–Crippen LogP) is 2.41. The van der Waals surface area contributed by atoms with Crippen LogP contribution in [0.5, 0.6) is 5.75 Å². The Morgan fingerprint density at radius 1 is 1.47 bits per heavy atom. The van der Waals surface area contributed by atoms with Gasteiger partial charge in [-0.05, 0) is 32.4 Å². The maximum absolute atomic E-state index is 10.7. The average molecular weight is 208 g/mol. The highest BCUT2D eigenvalue weighted by Crippen LogP contribution is 2.23. The summed E-state index contributed by atoms with van der Waals surface area (Å²) in [7, 11) is 0. The van der Waals surface area contributed by atoms with Gasteiger partial charge in [-0.3, -0.25) is 4.79 Å². The highest BCUT2D eigenvalue weighted by Gasteiger charge is 2.11. The Bertz CT molecular complexity index is 356. The summed E-state index contributed by atoms with van der Waals surface area (Å²) in [4.78, 5) is 10.7. The minimum Gasteiger partial charge on any atom is -0.491 e. The topological polar surface area (TPSA) is 46.5 Å². The summed E-state index contributed by atoms with van der Waals surface area (Å²) in [6.45, 7) is 5.74. The number of carbonyl (C=O) groups is 1. The molecule has 1 N–H and O–H groups in total. The molecule has 0 aromatic heterocycles. The first-order valence-corrected chi connectivity index (χ1v) is 4.97. The fourth-order valence-corrected chi connectivity index (χ4v) is 1.42. The first-order valence-electron chi connectivity index (χ1n) is 4.97. The molecule has 3 heteroatoms. The Morgan fingerprint density at radius 3 is 2.67 bits per heavy atom. The summed E-state index contributed by atoms with van der Waals surface area (Å²) >= 11 is 0. The molecular weight excluding hydrogens is 192 g/mol. The molecule has 0 amide bonds. The Hall–Kier alpha value is -1.51. The lowest BCUT2D eigenvalue weighted by Crippen LogP contribution is -2.10. The monoisotopic (exact) mass is 208 g/mol. The molecular formula is C12H16O3. The lowest BCUT2D eigenvalue weighted by molar-refractivity contribution is -0.136. The van der Waals surface area contributed by atoms with Crippen LogP contribution in [0.25, 0.3) is 0 Å². The van der Waals surface area contributed by atoms with Crippen molar-refractivity contribution in [2.75, 3.05) is 0 Å². The van der Waals surface area contributed by atoms with Crippen molar-refractivity contribution < 1.29 is 14.6 Å². The molecule has 0 unspecified atom stereocenters.